The molecule has 0 saturated heterocycles. The number of nitrogens with zero attached hydrogens (tertiary/aromatic N) is 1. The van der Waals surface area contributed by atoms with Crippen LogP contribution in [0.1, 0.15) is 33.1 Å². The average molecular weight is 213 g/mol. The fourth-order valence-electron chi connectivity index (χ4n) is 2.22. The van der Waals surface area contributed by atoms with Crippen molar-refractivity contribution < 1.29 is 14.7 Å². The third-order valence-corrected chi connectivity index (χ3v) is 3.21. The van der Waals surface area contributed by atoms with Crippen LogP contribution in [0.25, 0.3) is 0 Å². The van der Waals surface area contributed by atoms with Gasteiger partial charge in [-0.25, -0.2) is 0 Å². The minimum atomic E-state index is -0.759. The lowest BCUT2D eigenvalue weighted by Gasteiger charge is -2.22. The molecule has 0 aliphatic heterocycles. The van der Waals surface area contributed by atoms with Crippen molar-refractivity contribution in [3.8, 4) is 0 Å². The van der Waals surface area contributed by atoms with Gasteiger partial charge in [-0.3, -0.25) is 9.59 Å². The summed E-state index contributed by atoms with van der Waals surface area (Å²) in [4.78, 5) is 24.4. The Bertz CT molecular complexity index is 248. The van der Waals surface area contributed by atoms with Crippen molar-refractivity contribution in [2.24, 2.45) is 11.8 Å². The van der Waals surface area contributed by atoms with Crippen molar-refractivity contribution >= 4 is 11.9 Å². The number of hydrogen-bond donors (Lipinski definition) is 1. The molecule has 4 nitrogen and oxygen atoms in total. The molecule has 86 valence electrons. The summed E-state index contributed by atoms with van der Waals surface area (Å²) in [6.07, 6.45) is 1.89. The summed E-state index contributed by atoms with van der Waals surface area (Å²) in [6.45, 7) is 5.32. The molecule has 1 rings (SSSR count). The summed E-state index contributed by atoms with van der Waals surface area (Å²) < 4.78 is 0. The molecule has 0 bridgehead atoms. The fraction of sp³-hybridized carbons (Fsp3) is 0.818. The highest BCUT2D eigenvalue weighted by Crippen LogP contribution is 2.32. The molecule has 0 aromatic rings. The van der Waals surface area contributed by atoms with Crippen LogP contribution in [0.15, 0.2) is 0 Å². The molecule has 0 spiro atoms. The maximum atomic E-state index is 11.9. The van der Waals surface area contributed by atoms with Gasteiger partial charge in [-0.15, -0.1) is 0 Å². The van der Waals surface area contributed by atoms with Gasteiger partial charge in [0.15, 0.2) is 0 Å². The van der Waals surface area contributed by atoms with Gasteiger partial charge in [0.2, 0.25) is 5.91 Å². The molecule has 0 aromatic carbocycles. The lowest BCUT2D eigenvalue weighted by Crippen LogP contribution is -2.35. The highest BCUT2D eigenvalue weighted by Gasteiger charge is 2.35. The molecule has 1 amide bonds. The standard InChI is InChI=1S/C11H19NO3/c1-3-12(4-2)10(13)8-5-6-9(7-8)11(14)15/h8-9H,3-7H2,1-2H3,(H,14,15). The van der Waals surface area contributed by atoms with Crippen LogP contribution in [0.5, 0.6) is 0 Å². The summed E-state index contributed by atoms with van der Waals surface area (Å²) in [5.41, 5.74) is 0. The Kier molecular flexibility index (Phi) is 4.12. The minimum absolute atomic E-state index is 0.0639. The average Bonchev–Trinajstić information content (AvgIpc) is 2.68. The van der Waals surface area contributed by atoms with Gasteiger partial charge in [0.05, 0.1) is 5.92 Å². The number of carboxylic acid groups (broad SMARTS) is 1. The van der Waals surface area contributed by atoms with Crippen LogP contribution in [-0.2, 0) is 9.59 Å². The van der Waals surface area contributed by atoms with Gasteiger partial charge in [-0.2, -0.15) is 0 Å². The van der Waals surface area contributed by atoms with Gasteiger partial charge in [-0.05, 0) is 33.1 Å². The number of aliphatic carboxylic acids is 1. The first-order valence-corrected chi connectivity index (χ1v) is 5.61. The molecule has 4 heteroatoms. The van der Waals surface area contributed by atoms with Crippen molar-refractivity contribution in [1.29, 1.82) is 0 Å². The number of carbonyl (C=O) groups is 2. The van der Waals surface area contributed by atoms with Crippen molar-refractivity contribution in [2.45, 2.75) is 33.1 Å². The number of amides is 1. The van der Waals surface area contributed by atoms with Crippen molar-refractivity contribution in [2.75, 3.05) is 13.1 Å². The Hall–Kier alpha value is -1.06. The predicted molar refractivity (Wildman–Crippen MR) is 56.4 cm³/mol. The van der Waals surface area contributed by atoms with Gasteiger partial charge in [0.25, 0.3) is 0 Å². The van der Waals surface area contributed by atoms with Gasteiger partial charge in [-0.1, -0.05) is 0 Å². The molecule has 1 fully saturated rings. The monoisotopic (exact) mass is 213 g/mol. The Labute approximate surface area is 90.3 Å². The maximum absolute atomic E-state index is 11.9. The summed E-state index contributed by atoms with van der Waals surface area (Å²) >= 11 is 0. The zero-order chi connectivity index (χ0) is 11.4. The zero-order valence-electron chi connectivity index (χ0n) is 9.40. The van der Waals surface area contributed by atoms with Crippen LogP contribution in [0, 0.1) is 11.8 Å². The van der Waals surface area contributed by atoms with E-state index in [1.54, 1.807) is 4.90 Å². The number of hydrogen-bond acceptors (Lipinski definition) is 2. The van der Waals surface area contributed by atoms with Gasteiger partial charge >= 0.3 is 5.97 Å². The van der Waals surface area contributed by atoms with Crippen LogP contribution in [0.3, 0.4) is 0 Å². The topological polar surface area (TPSA) is 57.6 Å². The summed E-state index contributed by atoms with van der Waals surface area (Å²) in [6, 6.07) is 0. The first kappa shape index (κ1) is 12.0. The van der Waals surface area contributed by atoms with Crippen LogP contribution < -0.4 is 0 Å². The van der Waals surface area contributed by atoms with E-state index < -0.39 is 5.97 Å². The fourth-order valence-corrected chi connectivity index (χ4v) is 2.22. The third-order valence-electron chi connectivity index (χ3n) is 3.21. The lowest BCUT2D eigenvalue weighted by atomic mass is 10.0. The van der Waals surface area contributed by atoms with Gasteiger partial charge < -0.3 is 10.0 Å². The SMILES string of the molecule is CCN(CC)C(=O)C1CCC(C(=O)O)C1. The molecule has 1 aliphatic carbocycles. The second-order valence-corrected chi connectivity index (χ2v) is 4.06. The maximum Gasteiger partial charge on any atom is 0.306 e. The summed E-state index contributed by atoms with van der Waals surface area (Å²) in [5.74, 6) is -1.01. The predicted octanol–water partition coefficient (Wildman–Crippen LogP) is 1.36. The molecular weight excluding hydrogens is 194 g/mol. The molecule has 1 N–H and O–H groups in total. The van der Waals surface area contributed by atoms with E-state index in [1.807, 2.05) is 13.8 Å². The molecule has 0 radical (unpaired) electrons. The van der Waals surface area contributed by atoms with Gasteiger partial charge in [0, 0.05) is 19.0 Å². The lowest BCUT2D eigenvalue weighted by molar-refractivity contribution is -0.141. The quantitative estimate of drug-likeness (QED) is 0.767. The number of rotatable bonds is 4. The molecule has 2 atom stereocenters. The first-order chi connectivity index (χ1) is 7.10. The second-order valence-electron chi connectivity index (χ2n) is 4.06. The van der Waals surface area contributed by atoms with Crippen LogP contribution in [0.2, 0.25) is 0 Å². The molecule has 1 aliphatic rings. The number of carbonyl (C=O) groups excluding carboxylic acids is 1. The Morgan fingerprint density at radius 1 is 1.20 bits per heavy atom. The van der Waals surface area contributed by atoms with E-state index in [2.05, 4.69) is 0 Å². The van der Waals surface area contributed by atoms with E-state index in [-0.39, 0.29) is 17.7 Å². The van der Waals surface area contributed by atoms with E-state index in [4.69, 9.17) is 5.11 Å². The van der Waals surface area contributed by atoms with Crippen LogP contribution in [0.4, 0.5) is 0 Å². The van der Waals surface area contributed by atoms with Crippen molar-refractivity contribution in [1.82, 2.24) is 4.90 Å². The highest BCUT2D eigenvalue weighted by atomic mass is 16.4. The second kappa shape index (κ2) is 5.14. The van der Waals surface area contributed by atoms with E-state index in [9.17, 15) is 9.59 Å². The Balaban J connectivity index is 2.53. The van der Waals surface area contributed by atoms with E-state index >= 15 is 0 Å². The van der Waals surface area contributed by atoms with Crippen LogP contribution >= 0.6 is 0 Å². The Morgan fingerprint density at radius 3 is 2.13 bits per heavy atom. The van der Waals surface area contributed by atoms with Crippen molar-refractivity contribution in [3.63, 3.8) is 0 Å². The van der Waals surface area contributed by atoms with Crippen molar-refractivity contribution in [3.05, 3.63) is 0 Å². The number of carboxylic acids is 1. The third kappa shape index (κ3) is 2.70. The summed E-state index contributed by atoms with van der Waals surface area (Å²) in [7, 11) is 0. The van der Waals surface area contributed by atoms with Crippen LogP contribution in [-0.4, -0.2) is 35.0 Å². The molecule has 15 heavy (non-hydrogen) atoms. The first-order valence-electron chi connectivity index (χ1n) is 5.61. The minimum Gasteiger partial charge on any atom is -0.481 e. The largest absolute Gasteiger partial charge is 0.481 e. The Morgan fingerprint density at radius 2 is 1.73 bits per heavy atom. The smallest absolute Gasteiger partial charge is 0.306 e. The van der Waals surface area contributed by atoms with Gasteiger partial charge in [0.1, 0.15) is 0 Å². The summed E-state index contributed by atoms with van der Waals surface area (Å²) in [5, 5.41) is 8.84. The molecular formula is C11H19NO3. The molecule has 2 unspecified atom stereocenters. The zero-order valence-corrected chi connectivity index (χ0v) is 9.40. The molecule has 1 saturated carbocycles. The van der Waals surface area contributed by atoms with E-state index in [0.29, 0.717) is 25.9 Å². The normalized spacial score (nSPS) is 25.2. The highest BCUT2D eigenvalue weighted by molar-refractivity contribution is 5.80. The van der Waals surface area contributed by atoms with E-state index in [1.165, 1.54) is 0 Å². The molecule has 0 aromatic heterocycles. The molecule has 0 heterocycles. The van der Waals surface area contributed by atoms with E-state index in [0.717, 1.165) is 6.42 Å².